The van der Waals surface area contributed by atoms with Crippen LogP contribution in [0.3, 0.4) is 0 Å². The second-order valence-corrected chi connectivity index (χ2v) is 11.9. The minimum absolute atomic E-state index is 0.0396. The van der Waals surface area contributed by atoms with Crippen molar-refractivity contribution < 1.29 is 19.0 Å². The molecule has 1 aliphatic heterocycles. The fraction of sp³-hybridized carbons (Fsp3) is 0.607. The molecular formula is C28H37N7O4S. The van der Waals surface area contributed by atoms with E-state index in [2.05, 4.69) is 45.2 Å². The van der Waals surface area contributed by atoms with Gasteiger partial charge in [-0.05, 0) is 51.9 Å². The first-order valence-corrected chi connectivity index (χ1v) is 15.3. The maximum Gasteiger partial charge on any atom is 0.225 e. The van der Waals surface area contributed by atoms with Crippen molar-refractivity contribution >= 4 is 34.7 Å². The summed E-state index contributed by atoms with van der Waals surface area (Å²) >= 11 is 1.47. The molecule has 3 aromatic rings. The van der Waals surface area contributed by atoms with Gasteiger partial charge < -0.3 is 24.8 Å². The van der Waals surface area contributed by atoms with Crippen molar-refractivity contribution in [3.05, 3.63) is 35.9 Å². The van der Waals surface area contributed by atoms with Crippen LogP contribution in [0.25, 0.3) is 11.2 Å². The van der Waals surface area contributed by atoms with Gasteiger partial charge in [0.25, 0.3) is 0 Å². The fourth-order valence-corrected chi connectivity index (χ4v) is 6.30. The summed E-state index contributed by atoms with van der Waals surface area (Å²) in [5.74, 6) is -0.0924. The van der Waals surface area contributed by atoms with E-state index >= 15 is 0 Å². The van der Waals surface area contributed by atoms with Crippen LogP contribution in [-0.4, -0.2) is 80.9 Å². The van der Waals surface area contributed by atoms with Crippen LogP contribution < -0.4 is 10.6 Å². The van der Waals surface area contributed by atoms with Gasteiger partial charge in [0, 0.05) is 31.7 Å². The summed E-state index contributed by atoms with van der Waals surface area (Å²) in [5.41, 5.74) is 2.57. The molecule has 3 heterocycles. The second kappa shape index (κ2) is 11.2. The highest BCUT2D eigenvalue weighted by atomic mass is 32.2. The lowest BCUT2D eigenvalue weighted by Gasteiger charge is -2.23. The van der Waals surface area contributed by atoms with Crippen LogP contribution >= 0.6 is 11.8 Å². The molecule has 6 unspecified atom stereocenters. The SMILES string of the molecule is CCOCCCNC(=O)C1CC(n2nnc3c(NC4CC4c4ccccc4)nc(SC)nc32)C2OC(C)(C)OC12. The summed E-state index contributed by atoms with van der Waals surface area (Å²) in [5, 5.41) is 16.4. The Morgan fingerprint density at radius 3 is 2.75 bits per heavy atom. The topological polar surface area (TPSA) is 125 Å². The van der Waals surface area contributed by atoms with E-state index in [-0.39, 0.29) is 36.1 Å². The average Bonchev–Trinajstić information content (AvgIpc) is 3.27. The summed E-state index contributed by atoms with van der Waals surface area (Å²) in [7, 11) is 0. The molecule has 2 saturated carbocycles. The van der Waals surface area contributed by atoms with Crippen LogP contribution in [0.2, 0.25) is 0 Å². The van der Waals surface area contributed by atoms with Gasteiger partial charge in [0.05, 0.1) is 12.0 Å². The van der Waals surface area contributed by atoms with Gasteiger partial charge in [-0.15, -0.1) is 5.10 Å². The van der Waals surface area contributed by atoms with Gasteiger partial charge in [-0.25, -0.2) is 14.6 Å². The normalized spacial score (nSPS) is 28.5. The number of carbonyl (C=O) groups excluding carboxylic acids is 1. The highest BCUT2D eigenvalue weighted by molar-refractivity contribution is 7.98. The van der Waals surface area contributed by atoms with Crippen molar-refractivity contribution in [2.24, 2.45) is 5.92 Å². The maximum atomic E-state index is 13.3. The van der Waals surface area contributed by atoms with Crippen LogP contribution in [0, 0.1) is 5.92 Å². The predicted molar refractivity (Wildman–Crippen MR) is 151 cm³/mol. The zero-order chi connectivity index (χ0) is 27.9. The van der Waals surface area contributed by atoms with Gasteiger partial charge in [0.2, 0.25) is 5.91 Å². The third kappa shape index (κ3) is 5.41. The summed E-state index contributed by atoms with van der Waals surface area (Å²) in [6, 6.07) is 10.5. The number of nitrogens with zero attached hydrogens (tertiary/aromatic N) is 5. The molecule has 2 aromatic heterocycles. The summed E-state index contributed by atoms with van der Waals surface area (Å²) in [4.78, 5) is 22.8. The largest absolute Gasteiger partial charge is 0.382 e. The van der Waals surface area contributed by atoms with E-state index < -0.39 is 5.79 Å². The number of hydrogen-bond acceptors (Lipinski definition) is 10. The molecule has 2 aliphatic carbocycles. The molecule has 0 spiro atoms. The van der Waals surface area contributed by atoms with Gasteiger partial charge in [-0.1, -0.05) is 47.3 Å². The molecule has 11 nitrogen and oxygen atoms in total. The molecule has 0 radical (unpaired) electrons. The average molecular weight is 568 g/mol. The number of carbonyl (C=O) groups is 1. The molecule has 6 atom stereocenters. The van der Waals surface area contributed by atoms with E-state index in [1.165, 1.54) is 17.3 Å². The standard InChI is InChI=1S/C28H37N7O4S/c1-5-37-13-9-12-29-26(36)18-15-20(23-22(18)38-28(2,3)39-23)35-25-21(33-34-35)24(31-27(32-25)40-4)30-19-14-17(19)16-10-7-6-8-11-16/h6-8,10-11,17-20,22-23H,5,9,12-15H2,1-4H3,(H,29,36)(H,30,31,32). The molecule has 1 amide bonds. The number of ether oxygens (including phenoxy) is 3. The lowest BCUT2D eigenvalue weighted by molar-refractivity contribution is -0.163. The van der Waals surface area contributed by atoms with Crippen LogP contribution in [-0.2, 0) is 19.0 Å². The number of nitrogens with one attached hydrogen (secondary N) is 2. The Labute approximate surface area is 238 Å². The predicted octanol–water partition coefficient (Wildman–Crippen LogP) is 3.54. The number of anilines is 1. The monoisotopic (exact) mass is 567 g/mol. The third-order valence-corrected chi connectivity index (χ3v) is 8.43. The number of fused-ring (bicyclic) bond motifs is 2. The molecule has 2 N–H and O–H groups in total. The minimum atomic E-state index is -0.803. The minimum Gasteiger partial charge on any atom is -0.382 e. The number of aromatic nitrogens is 5. The number of rotatable bonds is 11. The molecule has 3 aliphatic rings. The van der Waals surface area contributed by atoms with Crippen LogP contribution in [0.4, 0.5) is 5.82 Å². The first-order chi connectivity index (χ1) is 19.4. The Hall–Kier alpha value is -2.80. The Balaban J connectivity index is 1.24. The number of benzene rings is 1. The zero-order valence-electron chi connectivity index (χ0n) is 23.4. The molecule has 214 valence electrons. The van der Waals surface area contributed by atoms with Crippen LogP contribution in [0.5, 0.6) is 0 Å². The Morgan fingerprint density at radius 1 is 1.18 bits per heavy atom. The first-order valence-electron chi connectivity index (χ1n) is 14.1. The summed E-state index contributed by atoms with van der Waals surface area (Å²) in [6.45, 7) is 7.57. The molecule has 12 heteroatoms. The van der Waals surface area contributed by atoms with E-state index in [1.807, 2.05) is 37.8 Å². The van der Waals surface area contributed by atoms with Crippen molar-refractivity contribution in [2.45, 2.75) is 81.2 Å². The van der Waals surface area contributed by atoms with E-state index in [1.54, 1.807) is 0 Å². The Bertz CT molecular complexity index is 1350. The molecule has 40 heavy (non-hydrogen) atoms. The van der Waals surface area contributed by atoms with Crippen LogP contribution in [0.15, 0.2) is 35.5 Å². The van der Waals surface area contributed by atoms with Gasteiger partial charge in [0.15, 0.2) is 27.9 Å². The maximum absolute atomic E-state index is 13.3. The molecule has 3 fully saturated rings. The van der Waals surface area contributed by atoms with Crippen molar-refractivity contribution in [2.75, 3.05) is 31.3 Å². The number of hydrogen-bond donors (Lipinski definition) is 2. The molecule has 0 bridgehead atoms. The number of thioether (sulfide) groups is 1. The molecule has 6 rings (SSSR count). The van der Waals surface area contributed by atoms with Crippen LogP contribution in [0.1, 0.15) is 57.6 Å². The highest BCUT2D eigenvalue weighted by Crippen LogP contribution is 2.48. The van der Waals surface area contributed by atoms with Gasteiger partial charge >= 0.3 is 0 Å². The quantitative estimate of drug-likeness (QED) is 0.202. The zero-order valence-corrected chi connectivity index (χ0v) is 24.2. The fourth-order valence-electron chi connectivity index (χ4n) is 5.94. The lowest BCUT2D eigenvalue weighted by atomic mass is 10.0. The van der Waals surface area contributed by atoms with E-state index in [0.717, 1.165) is 12.8 Å². The second-order valence-electron chi connectivity index (χ2n) is 11.1. The van der Waals surface area contributed by atoms with Crippen molar-refractivity contribution in [1.82, 2.24) is 30.3 Å². The van der Waals surface area contributed by atoms with Gasteiger partial charge in [-0.3, -0.25) is 4.79 Å². The van der Waals surface area contributed by atoms with Crippen molar-refractivity contribution in [3.63, 3.8) is 0 Å². The smallest absolute Gasteiger partial charge is 0.225 e. The summed E-state index contributed by atoms with van der Waals surface area (Å²) in [6.07, 6.45) is 3.53. The van der Waals surface area contributed by atoms with Crippen molar-refractivity contribution in [3.8, 4) is 0 Å². The first kappa shape index (κ1) is 27.4. The summed E-state index contributed by atoms with van der Waals surface area (Å²) < 4.78 is 19.8. The molecule has 1 aromatic carbocycles. The lowest BCUT2D eigenvalue weighted by Crippen LogP contribution is -2.38. The van der Waals surface area contributed by atoms with E-state index in [4.69, 9.17) is 24.2 Å². The number of amides is 1. The van der Waals surface area contributed by atoms with Gasteiger partial charge in [-0.2, -0.15) is 0 Å². The van der Waals surface area contributed by atoms with E-state index in [0.29, 0.717) is 54.2 Å². The van der Waals surface area contributed by atoms with Gasteiger partial charge in [0.1, 0.15) is 12.2 Å². The Morgan fingerprint density at radius 2 is 1.98 bits per heavy atom. The van der Waals surface area contributed by atoms with Crippen molar-refractivity contribution in [1.29, 1.82) is 0 Å². The highest BCUT2D eigenvalue weighted by Gasteiger charge is 2.57. The molecule has 1 saturated heterocycles. The Kier molecular flexibility index (Phi) is 7.68. The third-order valence-electron chi connectivity index (χ3n) is 7.88. The van der Waals surface area contributed by atoms with E-state index in [9.17, 15) is 4.79 Å². The molecular weight excluding hydrogens is 530 g/mol.